The van der Waals surface area contributed by atoms with E-state index in [4.69, 9.17) is 10.00 Å². The molecule has 1 aliphatic rings. The van der Waals surface area contributed by atoms with Crippen LogP contribution in [-0.4, -0.2) is 33.0 Å². The number of nitrogens with one attached hydrogen (secondary N) is 1. The summed E-state index contributed by atoms with van der Waals surface area (Å²) < 4.78 is 50.2. The molecule has 0 amide bonds. The molecule has 0 radical (unpaired) electrons. The third-order valence-electron chi connectivity index (χ3n) is 4.66. The number of benzene rings is 1. The summed E-state index contributed by atoms with van der Waals surface area (Å²) in [6.07, 6.45) is 0.785. The molecule has 0 unspecified atom stereocenters. The topological polar surface area (TPSA) is 105 Å². The number of ether oxygens (including phenoxy) is 1. The maximum atomic E-state index is 15.4. The van der Waals surface area contributed by atoms with Crippen LogP contribution in [0.4, 0.5) is 14.5 Å². The van der Waals surface area contributed by atoms with Crippen molar-refractivity contribution in [1.82, 2.24) is 4.72 Å². The summed E-state index contributed by atoms with van der Waals surface area (Å²) in [5.41, 5.74) is -1.84. The van der Waals surface area contributed by atoms with E-state index >= 15 is 8.78 Å². The molecular formula is C18H23F2N3O4S. The number of hydrogen-bond donors (Lipinski definition) is 1. The molecule has 2 rings (SSSR count). The van der Waals surface area contributed by atoms with Gasteiger partial charge in [-0.2, -0.15) is 5.26 Å². The van der Waals surface area contributed by atoms with Gasteiger partial charge in [0.05, 0.1) is 26.7 Å². The highest BCUT2D eigenvalue weighted by molar-refractivity contribution is 7.84. The highest BCUT2D eigenvalue weighted by Gasteiger charge is 2.58. The zero-order chi connectivity index (χ0) is 21.2. The fourth-order valence-corrected chi connectivity index (χ4v) is 4.18. The van der Waals surface area contributed by atoms with Crippen molar-refractivity contribution in [3.05, 3.63) is 39.4 Å². The highest BCUT2D eigenvalue weighted by Crippen LogP contribution is 2.47. The molecule has 0 aromatic heterocycles. The standard InChI is InChI=1S/C18H23F2N3O4S/c1-16(2,3)28(26)22-17(18(19,20)12-27-10-9-21)8-4-5-13-6-7-14(23(24)25)11-15(13)17/h6-7,11,22H,4-5,8,10,12H2,1-3H3/t17-,28+/m1/s1. The van der Waals surface area contributed by atoms with Crippen molar-refractivity contribution in [1.29, 1.82) is 5.26 Å². The Balaban J connectivity index is 2.63. The van der Waals surface area contributed by atoms with Crippen LogP contribution in [0, 0.1) is 21.4 Å². The second kappa shape index (κ2) is 8.19. The smallest absolute Gasteiger partial charge is 0.293 e. The van der Waals surface area contributed by atoms with E-state index in [1.807, 2.05) is 0 Å². The summed E-state index contributed by atoms with van der Waals surface area (Å²) in [5.74, 6) is -3.56. The average Bonchev–Trinajstić information content (AvgIpc) is 2.60. The van der Waals surface area contributed by atoms with Crippen LogP contribution >= 0.6 is 0 Å². The molecule has 1 aliphatic carbocycles. The normalized spacial score (nSPS) is 20.9. The Bertz CT molecular complexity index is 820. The predicted molar refractivity (Wildman–Crippen MR) is 100 cm³/mol. The molecule has 0 fully saturated rings. The van der Waals surface area contributed by atoms with Gasteiger partial charge in [-0.1, -0.05) is 6.07 Å². The van der Waals surface area contributed by atoms with Gasteiger partial charge in [0.2, 0.25) is 0 Å². The molecule has 10 heteroatoms. The van der Waals surface area contributed by atoms with Crippen LogP contribution in [0.5, 0.6) is 0 Å². The van der Waals surface area contributed by atoms with Crippen LogP contribution in [0.3, 0.4) is 0 Å². The lowest BCUT2D eigenvalue weighted by atomic mass is 9.73. The summed E-state index contributed by atoms with van der Waals surface area (Å²) in [6, 6.07) is 5.51. The Hall–Kier alpha value is -1.96. The van der Waals surface area contributed by atoms with Crippen LogP contribution in [0.2, 0.25) is 0 Å². The van der Waals surface area contributed by atoms with E-state index in [0.717, 1.165) is 6.07 Å². The van der Waals surface area contributed by atoms with E-state index in [1.54, 1.807) is 26.8 Å². The third-order valence-corrected chi connectivity index (χ3v) is 6.31. The Labute approximate surface area is 164 Å². The van der Waals surface area contributed by atoms with Crippen molar-refractivity contribution >= 4 is 16.7 Å². The van der Waals surface area contributed by atoms with E-state index in [0.29, 0.717) is 18.4 Å². The van der Waals surface area contributed by atoms with Crippen molar-refractivity contribution in [2.24, 2.45) is 0 Å². The number of alkyl halides is 2. The van der Waals surface area contributed by atoms with Gasteiger partial charge in [-0.3, -0.25) is 10.1 Å². The minimum atomic E-state index is -3.56. The predicted octanol–water partition coefficient (Wildman–Crippen LogP) is 3.35. The zero-order valence-electron chi connectivity index (χ0n) is 16.0. The maximum Gasteiger partial charge on any atom is 0.293 e. The summed E-state index contributed by atoms with van der Waals surface area (Å²) in [6.45, 7) is 3.34. The average molecular weight is 415 g/mol. The van der Waals surface area contributed by atoms with E-state index in [9.17, 15) is 14.3 Å². The van der Waals surface area contributed by atoms with Gasteiger partial charge in [0.1, 0.15) is 18.8 Å². The van der Waals surface area contributed by atoms with Gasteiger partial charge < -0.3 is 4.74 Å². The Morgan fingerprint density at radius 3 is 2.68 bits per heavy atom. The minimum Gasteiger partial charge on any atom is -0.360 e. The van der Waals surface area contributed by atoms with Crippen LogP contribution in [-0.2, 0) is 27.7 Å². The number of nitriles is 1. The van der Waals surface area contributed by atoms with Crippen molar-refractivity contribution in [2.45, 2.75) is 56.2 Å². The quantitative estimate of drug-likeness (QED) is 0.418. The third kappa shape index (κ3) is 4.37. The van der Waals surface area contributed by atoms with Crippen molar-refractivity contribution < 1.29 is 22.6 Å². The summed E-state index contributed by atoms with van der Waals surface area (Å²) in [7, 11) is -1.87. The number of fused-ring (bicyclic) bond motifs is 1. The van der Waals surface area contributed by atoms with Gasteiger partial charge in [-0.25, -0.2) is 17.7 Å². The number of hydrogen-bond acceptors (Lipinski definition) is 5. The molecule has 1 aromatic rings. The monoisotopic (exact) mass is 415 g/mol. The van der Waals surface area contributed by atoms with E-state index < -0.39 is 45.3 Å². The Kier molecular flexibility index (Phi) is 6.53. The van der Waals surface area contributed by atoms with E-state index in [2.05, 4.69) is 4.72 Å². The number of rotatable bonds is 7. The van der Waals surface area contributed by atoms with E-state index in [-0.39, 0.29) is 17.7 Å². The lowest BCUT2D eigenvalue weighted by Crippen LogP contribution is -2.61. The van der Waals surface area contributed by atoms with Gasteiger partial charge in [-0.15, -0.1) is 0 Å². The first-order chi connectivity index (χ1) is 12.9. The zero-order valence-corrected chi connectivity index (χ0v) is 16.8. The summed E-state index contributed by atoms with van der Waals surface area (Å²) in [4.78, 5) is 10.6. The number of nitro groups is 1. The van der Waals surface area contributed by atoms with Gasteiger partial charge in [0.15, 0.2) is 0 Å². The maximum absolute atomic E-state index is 15.4. The molecule has 1 N–H and O–H groups in total. The molecule has 2 atom stereocenters. The largest absolute Gasteiger partial charge is 0.360 e. The highest BCUT2D eigenvalue weighted by atomic mass is 32.2. The molecule has 28 heavy (non-hydrogen) atoms. The van der Waals surface area contributed by atoms with Crippen molar-refractivity contribution in [2.75, 3.05) is 13.2 Å². The van der Waals surface area contributed by atoms with Crippen molar-refractivity contribution in [3.8, 4) is 6.07 Å². The summed E-state index contributed by atoms with van der Waals surface area (Å²) in [5, 5.41) is 19.8. The second-order valence-electron chi connectivity index (χ2n) is 7.70. The number of non-ortho nitro benzene ring substituents is 1. The van der Waals surface area contributed by atoms with Crippen LogP contribution in [0.25, 0.3) is 0 Å². The molecular weight excluding hydrogens is 392 g/mol. The number of aryl methyl sites for hydroxylation is 1. The Morgan fingerprint density at radius 1 is 1.43 bits per heavy atom. The Morgan fingerprint density at radius 2 is 2.11 bits per heavy atom. The summed E-state index contributed by atoms with van der Waals surface area (Å²) >= 11 is 0. The fraction of sp³-hybridized carbons (Fsp3) is 0.611. The number of nitrogens with zero attached hydrogens (tertiary/aromatic N) is 2. The second-order valence-corrected chi connectivity index (χ2v) is 9.66. The van der Waals surface area contributed by atoms with Gasteiger partial charge >= 0.3 is 0 Å². The first-order valence-electron chi connectivity index (χ1n) is 8.74. The van der Waals surface area contributed by atoms with Crippen LogP contribution in [0.15, 0.2) is 18.2 Å². The molecule has 0 spiro atoms. The molecule has 0 heterocycles. The lowest BCUT2D eigenvalue weighted by Gasteiger charge is -2.45. The first-order valence-corrected chi connectivity index (χ1v) is 9.89. The van der Waals surface area contributed by atoms with Crippen LogP contribution in [0.1, 0.15) is 44.7 Å². The molecule has 0 aliphatic heterocycles. The van der Waals surface area contributed by atoms with Crippen LogP contribution < -0.4 is 4.72 Å². The van der Waals surface area contributed by atoms with Gasteiger partial charge in [0, 0.05) is 12.1 Å². The van der Waals surface area contributed by atoms with E-state index in [1.165, 1.54) is 12.1 Å². The number of nitro benzene ring substituents is 1. The molecule has 154 valence electrons. The lowest BCUT2D eigenvalue weighted by molar-refractivity contribution is -0.385. The number of halogens is 2. The molecule has 0 bridgehead atoms. The first kappa shape index (κ1) is 22.3. The minimum absolute atomic E-state index is 0.0520. The van der Waals surface area contributed by atoms with Gasteiger partial charge in [-0.05, 0) is 51.2 Å². The molecule has 1 aromatic carbocycles. The molecule has 0 saturated carbocycles. The SMILES string of the molecule is CC(C)(C)[S@](=O)N[C@]1(C(F)(F)COCC#N)CCCc2ccc([N+](=O)[O-])cc21. The molecule has 7 nitrogen and oxygen atoms in total. The fourth-order valence-electron chi connectivity index (χ4n) is 3.19. The van der Waals surface area contributed by atoms with Gasteiger partial charge in [0.25, 0.3) is 11.6 Å². The molecule has 0 saturated heterocycles. The van der Waals surface area contributed by atoms with Crippen molar-refractivity contribution in [3.63, 3.8) is 0 Å².